The molecule has 0 aliphatic carbocycles. The Kier molecular flexibility index (Phi) is 7.88. The topological polar surface area (TPSA) is 74.6 Å². The lowest BCUT2D eigenvalue weighted by Gasteiger charge is -1.79. The SMILES string of the molecule is C=C(C)C(=O)O.O=[C]O. The molecule has 2 N–H and O–H groups in total. The zero-order valence-corrected chi connectivity index (χ0v) is 4.92. The molecule has 4 heteroatoms. The predicted octanol–water partition coefficient (Wildman–Crippen LogP) is 0.259. The molecule has 0 aliphatic heterocycles. The van der Waals surface area contributed by atoms with Crippen LogP contribution in [-0.4, -0.2) is 22.7 Å². The fourth-order valence-electron chi connectivity index (χ4n) is 0. The zero-order chi connectivity index (χ0) is 7.86. The third-order valence-corrected chi connectivity index (χ3v) is 0.365. The van der Waals surface area contributed by atoms with Crippen LogP contribution in [0, 0.1) is 0 Å². The summed E-state index contributed by atoms with van der Waals surface area (Å²) in [5.74, 6) is -0.935. The maximum Gasteiger partial charge on any atom is 0.414 e. The number of aliphatic carboxylic acids is 1. The predicted molar refractivity (Wildman–Crippen MR) is 30.8 cm³/mol. The molecule has 0 saturated carbocycles. The molecule has 0 rings (SSSR count). The first-order valence-corrected chi connectivity index (χ1v) is 1.96. The van der Waals surface area contributed by atoms with Crippen LogP contribution in [0.4, 0.5) is 0 Å². The summed E-state index contributed by atoms with van der Waals surface area (Å²) >= 11 is 0. The van der Waals surface area contributed by atoms with E-state index in [1.807, 2.05) is 0 Å². The van der Waals surface area contributed by atoms with Gasteiger partial charge in [-0.15, -0.1) is 0 Å². The van der Waals surface area contributed by atoms with Crippen LogP contribution in [0.5, 0.6) is 0 Å². The highest BCUT2D eigenvalue weighted by molar-refractivity contribution is 5.84. The molecule has 51 valence electrons. The summed E-state index contributed by atoms with van der Waals surface area (Å²) in [6, 6.07) is 0. The van der Waals surface area contributed by atoms with Crippen molar-refractivity contribution >= 4 is 12.4 Å². The van der Waals surface area contributed by atoms with E-state index in [4.69, 9.17) is 15.0 Å². The van der Waals surface area contributed by atoms with Crippen molar-refractivity contribution in [3.63, 3.8) is 0 Å². The van der Waals surface area contributed by atoms with E-state index in [-0.39, 0.29) is 5.57 Å². The first kappa shape index (κ1) is 10.6. The monoisotopic (exact) mass is 131 g/mol. The molecule has 0 saturated heterocycles. The van der Waals surface area contributed by atoms with Crippen molar-refractivity contribution in [3.05, 3.63) is 12.2 Å². The van der Waals surface area contributed by atoms with Crippen molar-refractivity contribution in [3.8, 4) is 0 Å². The second-order valence-electron chi connectivity index (χ2n) is 1.18. The van der Waals surface area contributed by atoms with Crippen molar-refractivity contribution in [2.24, 2.45) is 0 Å². The van der Waals surface area contributed by atoms with Crippen LogP contribution >= 0.6 is 0 Å². The third kappa shape index (κ3) is 20.4. The largest absolute Gasteiger partial charge is 0.478 e. The molecule has 9 heavy (non-hydrogen) atoms. The van der Waals surface area contributed by atoms with E-state index in [1.165, 1.54) is 6.92 Å². The van der Waals surface area contributed by atoms with Gasteiger partial charge in [-0.25, -0.2) is 9.59 Å². The van der Waals surface area contributed by atoms with Gasteiger partial charge in [0.15, 0.2) is 0 Å². The molecule has 0 fully saturated rings. The number of carbonyl (C=O) groups is 1. The average molecular weight is 131 g/mol. The van der Waals surface area contributed by atoms with Crippen molar-refractivity contribution in [1.29, 1.82) is 0 Å². The molecular weight excluding hydrogens is 124 g/mol. The van der Waals surface area contributed by atoms with Crippen LogP contribution < -0.4 is 0 Å². The van der Waals surface area contributed by atoms with E-state index in [0.29, 0.717) is 6.47 Å². The summed E-state index contributed by atoms with van der Waals surface area (Å²) in [5, 5.41) is 14.7. The van der Waals surface area contributed by atoms with E-state index in [1.54, 1.807) is 0 Å². The van der Waals surface area contributed by atoms with Crippen LogP contribution in [0.1, 0.15) is 6.92 Å². The maximum absolute atomic E-state index is 9.60. The van der Waals surface area contributed by atoms with Gasteiger partial charge < -0.3 is 10.2 Å². The fraction of sp³-hybridized carbons (Fsp3) is 0.200. The van der Waals surface area contributed by atoms with Crippen LogP contribution in [0.25, 0.3) is 0 Å². The number of carboxylic acid groups (broad SMARTS) is 1. The fourth-order valence-corrected chi connectivity index (χ4v) is 0. The van der Waals surface area contributed by atoms with E-state index < -0.39 is 5.97 Å². The smallest absolute Gasteiger partial charge is 0.414 e. The second-order valence-corrected chi connectivity index (χ2v) is 1.18. The minimum absolute atomic E-state index is 0.176. The molecule has 0 bridgehead atoms. The quantitative estimate of drug-likeness (QED) is 0.500. The molecule has 0 aromatic carbocycles. The van der Waals surface area contributed by atoms with Crippen LogP contribution in [0.15, 0.2) is 12.2 Å². The van der Waals surface area contributed by atoms with Crippen molar-refractivity contribution < 1.29 is 19.8 Å². The van der Waals surface area contributed by atoms with Crippen LogP contribution in [-0.2, 0) is 9.59 Å². The maximum atomic E-state index is 9.60. The van der Waals surface area contributed by atoms with Gasteiger partial charge in [-0.1, -0.05) is 6.58 Å². The summed E-state index contributed by atoms with van der Waals surface area (Å²) in [6.45, 7) is 5.10. The van der Waals surface area contributed by atoms with Crippen molar-refractivity contribution in [1.82, 2.24) is 0 Å². The van der Waals surface area contributed by atoms with Gasteiger partial charge in [-0.3, -0.25) is 0 Å². The summed E-state index contributed by atoms with van der Waals surface area (Å²) in [5.41, 5.74) is 0.176. The molecular formula is C5H7O4. The van der Waals surface area contributed by atoms with Crippen LogP contribution in [0.2, 0.25) is 0 Å². The second kappa shape index (κ2) is 6.68. The lowest BCUT2D eigenvalue weighted by Crippen LogP contribution is -1.92. The van der Waals surface area contributed by atoms with E-state index in [2.05, 4.69) is 6.58 Å². The summed E-state index contributed by atoms with van der Waals surface area (Å²) in [6.07, 6.45) is 0. The van der Waals surface area contributed by atoms with E-state index >= 15 is 0 Å². The third-order valence-electron chi connectivity index (χ3n) is 0.365. The molecule has 0 aromatic heterocycles. The van der Waals surface area contributed by atoms with Gasteiger partial charge in [0.2, 0.25) is 0 Å². The van der Waals surface area contributed by atoms with Gasteiger partial charge in [0.05, 0.1) is 0 Å². The Morgan fingerprint density at radius 1 is 1.67 bits per heavy atom. The van der Waals surface area contributed by atoms with Gasteiger partial charge in [0.1, 0.15) is 0 Å². The molecule has 0 atom stereocenters. The van der Waals surface area contributed by atoms with E-state index in [0.717, 1.165) is 0 Å². The van der Waals surface area contributed by atoms with Crippen molar-refractivity contribution in [2.75, 3.05) is 0 Å². The minimum atomic E-state index is -0.935. The highest BCUT2D eigenvalue weighted by Crippen LogP contribution is 1.81. The van der Waals surface area contributed by atoms with Gasteiger partial charge in [-0.2, -0.15) is 0 Å². The molecule has 1 radical (unpaired) electrons. The number of carboxylic acids is 1. The molecule has 0 aliphatic rings. The van der Waals surface area contributed by atoms with Crippen molar-refractivity contribution in [2.45, 2.75) is 6.92 Å². The molecule has 0 heterocycles. The summed E-state index contributed by atoms with van der Waals surface area (Å²) in [7, 11) is 0. The Bertz CT molecular complexity index is 104. The number of hydrogen-bond acceptors (Lipinski definition) is 2. The lowest BCUT2D eigenvalue weighted by atomic mass is 10.4. The first-order valence-electron chi connectivity index (χ1n) is 1.96. The lowest BCUT2D eigenvalue weighted by molar-refractivity contribution is -0.132. The van der Waals surface area contributed by atoms with Gasteiger partial charge in [0.25, 0.3) is 0 Å². The Balaban J connectivity index is 0. The normalized spacial score (nSPS) is 6.33. The number of rotatable bonds is 1. The standard InChI is InChI=1S/C4H6O2.CHO2/c1-3(2)4(5)6;2-1-3/h1H2,2H3,(H,5,6);(H,2,3). The molecule has 0 unspecified atom stereocenters. The molecule has 0 aromatic rings. The Hall–Kier alpha value is -1.32. The number of hydrogen-bond donors (Lipinski definition) is 2. The zero-order valence-electron chi connectivity index (χ0n) is 4.92. The molecule has 4 nitrogen and oxygen atoms in total. The highest BCUT2D eigenvalue weighted by Gasteiger charge is 1.90. The molecule has 0 amide bonds. The van der Waals surface area contributed by atoms with E-state index in [9.17, 15) is 4.79 Å². The molecule has 0 spiro atoms. The highest BCUT2D eigenvalue weighted by atomic mass is 16.4. The summed E-state index contributed by atoms with van der Waals surface area (Å²) in [4.78, 5) is 17.8. The number of aliphatic hydroxyl groups excluding tert-OH is 1. The first-order chi connectivity index (χ1) is 4.06. The Morgan fingerprint density at radius 3 is 1.78 bits per heavy atom. The van der Waals surface area contributed by atoms with Gasteiger partial charge in [0, 0.05) is 5.57 Å². The Morgan fingerprint density at radius 2 is 1.78 bits per heavy atom. The van der Waals surface area contributed by atoms with Crippen LogP contribution in [0.3, 0.4) is 0 Å². The average Bonchev–Trinajstić information content (AvgIpc) is 1.68. The Labute approximate surface area is 52.4 Å². The van der Waals surface area contributed by atoms with Gasteiger partial charge >= 0.3 is 12.4 Å². The van der Waals surface area contributed by atoms with Gasteiger partial charge in [-0.05, 0) is 6.92 Å². The summed E-state index contributed by atoms with van der Waals surface area (Å²) < 4.78 is 0. The minimum Gasteiger partial charge on any atom is -0.478 e.